The molecule has 1 unspecified atom stereocenters. The van der Waals surface area contributed by atoms with Gasteiger partial charge in [0.2, 0.25) is 0 Å². The van der Waals surface area contributed by atoms with Gasteiger partial charge in [-0.25, -0.2) is 0 Å². The van der Waals surface area contributed by atoms with Crippen molar-refractivity contribution in [3.8, 4) is 6.07 Å². The maximum atomic E-state index is 9.22. The molecule has 1 rings (SSSR count). The van der Waals surface area contributed by atoms with Crippen LogP contribution in [0.25, 0.3) is 0 Å². The number of hydrogen-bond donors (Lipinski definition) is 1. The molecule has 2 nitrogen and oxygen atoms in total. The van der Waals surface area contributed by atoms with Crippen LogP contribution in [0.2, 0.25) is 0 Å². The highest BCUT2D eigenvalue weighted by atomic mass is 32.2. The van der Waals surface area contributed by atoms with Gasteiger partial charge in [-0.15, -0.1) is 11.8 Å². The number of thioether (sulfide) groups is 1. The topological polar surface area (TPSA) is 35.8 Å². The van der Waals surface area contributed by atoms with Gasteiger partial charge >= 0.3 is 0 Å². The maximum Gasteiger partial charge on any atom is 0.104 e. The Bertz CT molecular complexity index is 394. The summed E-state index contributed by atoms with van der Waals surface area (Å²) >= 11 is 1.81. The van der Waals surface area contributed by atoms with Gasteiger partial charge < -0.3 is 0 Å². The zero-order valence-electron chi connectivity index (χ0n) is 11.5. The number of aryl methyl sites for hydroxylation is 1. The Labute approximate surface area is 115 Å². The lowest BCUT2D eigenvalue weighted by Crippen LogP contribution is -2.41. The van der Waals surface area contributed by atoms with E-state index in [4.69, 9.17) is 0 Å². The molecule has 3 heteroatoms. The van der Waals surface area contributed by atoms with Crippen LogP contribution in [-0.2, 0) is 0 Å². The molecule has 1 N–H and O–H groups in total. The Morgan fingerprint density at radius 3 is 2.56 bits per heavy atom. The van der Waals surface area contributed by atoms with E-state index in [1.54, 1.807) is 0 Å². The van der Waals surface area contributed by atoms with Crippen LogP contribution >= 0.6 is 11.8 Å². The third kappa shape index (κ3) is 5.12. The molecule has 0 fully saturated rings. The Balaban J connectivity index is 2.40. The minimum Gasteiger partial charge on any atom is -0.300 e. The quantitative estimate of drug-likeness (QED) is 0.760. The van der Waals surface area contributed by atoms with Crippen molar-refractivity contribution >= 4 is 11.8 Å². The highest BCUT2D eigenvalue weighted by Crippen LogP contribution is 2.22. The Kier molecular flexibility index (Phi) is 6.24. The second-order valence-electron chi connectivity index (χ2n) is 4.78. The molecule has 0 radical (unpaired) electrons. The second kappa shape index (κ2) is 7.45. The molecule has 0 saturated heterocycles. The summed E-state index contributed by atoms with van der Waals surface area (Å²) in [6.07, 6.45) is 1.92. The molecule has 1 aromatic carbocycles. The molecule has 1 atom stereocenters. The first-order valence-electron chi connectivity index (χ1n) is 6.45. The molecule has 0 amide bonds. The first-order valence-corrected chi connectivity index (χ1v) is 7.44. The first kappa shape index (κ1) is 15.1. The second-order valence-corrected chi connectivity index (χ2v) is 5.95. The molecule has 0 aliphatic heterocycles. The lowest BCUT2D eigenvalue weighted by Gasteiger charge is -2.22. The average Bonchev–Trinajstić information content (AvgIpc) is 2.39. The van der Waals surface area contributed by atoms with Crippen LogP contribution < -0.4 is 5.32 Å². The summed E-state index contributed by atoms with van der Waals surface area (Å²) in [4.78, 5) is 1.27. The summed E-state index contributed by atoms with van der Waals surface area (Å²) in [7, 11) is 0. The molecule has 0 heterocycles. The minimum absolute atomic E-state index is 0.395. The zero-order chi connectivity index (χ0) is 13.4. The van der Waals surface area contributed by atoms with Gasteiger partial charge in [0.25, 0.3) is 0 Å². The summed E-state index contributed by atoms with van der Waals surface area (Å²) in [5.41, 5.74) is 0.888. The van der Waals surface area contributed by atoms with E-state index in [-0.39, 0.29) is 0 Å². The summed E-state index contributed by atoms with van der Waals surface area (Å²) < 4.78 is 0. The van der Waals surface area contributed by atoms with Crippen molar-refractivity contribution in [1.82, 2.24) is 5.32 Å². The van der Waals surface area contributed by atoms with Crippen molar-refractivity contribution in [3.63, 3.8) is 0 Å². The van der Waals surface area contributed by atoms with Crippen LogP contribution in [0.1, 0.15) is 32.3 Å². The van der Waals surface area contributed by atoms with Gasteiger partial charge in [-0.05, 0) is 45.4 Å². The number of rotatable bonds is 7. The molecule has 0 aromatic heterocycles. The van der Waals surface area contributed by atoms with Crippen LogP contribution in [-0.4, -0.2) is 17.8 Å². The first-order chi connectivity index (χ1) is 8.59. The Morgan fingerprint density at radius 2 is 2.00 bits per heavy atom. The molecule has 0 aliphatic rings. The average molecular weight is 262 g/mol. The molecule has 0 saturated carbocycles. The van der Waals surface area contributed by atoms with Gasteiger partial charge in [-0.1, -0.05) is 24.6 Å². The van der Waals surface area contributed by atoms with E-state index >= 15 is 0 Å². The predicted octanol–water partition coefficient (Wildman–Crippen LogP) is 3.76. The van der Waals surface area contributed by atoms with Crippen LogP contribution in [0, 0.1) is 18.3 Å². The fourth-order valence-corrected chi connectivity index (χ4v) is 2.67. The highest BCUT2D eigenvalue weighted by Gasteiger charge is 2.21. The lowest BCUT2D eigenvalue weighted by molar-refractivity contribution is 0.437. The van der Waals surface area contributed by atoms with Gasteiger partial charge in [0.05, 0.1) is 6.07 Å². The van der Waals surface area contributed by atoms with Gasteiger partial charge in [0, 0.05) is 10.6 Å². The third-order valence-electron chi connectivity index (χ3n) is 2.90. The summed E-state index contributed by atoms with van der Waals surface area (Å²) in [6.45, 7) is 7.10. The van der Waals surface area contributed by atoms with Crippen molar-refractivity contribution in [2.45, 2.75) is 44.0 Å². The van der Waals surface area contributed by atoms with E-state index in [2.05, 4.69) is 49.5 Å². The summed E-state index contributed by atoms with van der Waals surface area (Å²) in [6, 6.07) is 10.9. The Morgan fingerprint density at radius 1 is 1.33 bits per heavy atom. The molecule has 1 aromatic rings. The maximum absolute atomic E-state index is 9.22. The summed E-state index contributed by atoms with van der Waals surface area (Å²) in [5, 5.41) is 12.5. The fourth-order valence-electron chi connectivity index (χ4n) is 1.59. The van der Waals surface area contributed by atoms with Crippen molar-refractivity contribution in [2.24, 2.45) is 0 Å². The van der Waals surface area contributed by atoms with E-state index in [1.807, 2.05) is 18.7 Å². The third-order valence-corrected chi connectivity index (χ3v) is 3.92. The van der Waals surface area contributed by atoms with E-state index in [0.717, 1.165) is 25.1 Å². The number of nitriles is 1. The van der Waals surface area contributed by atoms with E-state index in [0.29, 0.717) is 0 Å². The number of benzene rings is 1. The number of nitrogens with zero attached hydrogens (tertiary/aromatic N) is 1. The number of hydrogen-bond acceptors (Lipinski definition) is 3. The van der Waals surface area contributed by atoms with Gasteiger partial charge in [-0.3, -0.25) is 5.32 Å². The molecule has 0 aliphatic carbocycles. The van der Waals surface area contributed by atoms with Crippen LogP contribution in [0.5, 0.6) is 0 Å². The fraction of sp³-hybridized carbons (Fsp3) is 0.533. The number of nitrogens with one attached hydrogen (secondary N) is 1. The van der Waals surface area contributed by atoms with Crippen LogP contribution in [0.3, 0.4) is 0 Å². The van der Waals surface area contributed by atoms with Gasteiger partial charge in [0.1, 0.15) is 5.54 Å². The van der Waals surface area contributed by atoms with Gasteiger partial charge in [0.15, 0.2) is 0 Å². The smallest absolute Gasteiger partial charge is 0.104 e. The lowest BCUT2D eigenvalue weighted by atomic mass is 10.0. The van der Waals surface area contributed by atoms with Gasteiger partial charge in [-0.2, -0.15) is 5.26 Å². The largest absolute Gasteiger partial charge is 0.300 e. The van der Waals surface area contributed by atoms with Crippen LogP contribution in [0.4, 0.5) is 0 Å². The molecular formula is C15H22N2S. The van der Waals surface area contributed by atoms with Crippen molar-refractivity contribution in [1.29, 1.82) is 5.26 Å². The predicted molar refractivity (Wildman–Crippen MR) is 78.8 cm³/mol. The van der Waals surface area contributed by atoms with Crippen molar-refractivity contribution in [3.05, 3.63) is 29.8 Å². The van der Waals surface area contributed by atoms with E-state index in [1.165, 1.54) is 10.5 Å². The van der Waals surface area contributed by atoms with Crippen molar-refractivity contribution in [2.75, 3.05) is 12.3 Å². The summed E-state index contributed by atoms with van der Waals surface area (Å²) in [5.74, 6) is 0.962. The Hall–Kier alpha value is -0.980. The zero-order valence-corrected chi connectivity index (χ0v) is 12.3. The molecule has 18 heavy (non-hydrogen) atoms. The van der Waals surface area contributed by atoms with Crippen molar-refractivity contribution < 1.29 is 0 Å². The minimum atomic E-state index is -0.395. The molecule has 98 valence electrons. The SMILES string of the molecule is CCCNC(C)(C#N)CCSc1ccc(C)cc1. The molecule has 0 spiro atoms. The van der Waals surface area contributed by atoms with E-state index in [9.17, 15) is 5.26 Å². The van der Waals surface area contributed by atoms with Crippen LogP contribution in [0.15, 0.2) is 29.2 Å². The monoisotopic (exact) mass is 262 g/mol. The normalized spacial score (nSPS) is 13.9. The standard InChI is InChI=1S/C15H22N2S/c1-4-10-17-15(3,12-16)9-11-18-14-7-5-13(2)6-8-14/h5-8,17H,4,9-11H2,1-3H3. The van der Waals surface area contributed by atoms with E-state index < -0.39 is 5.54 Å². The molecular weight excluding hydrogens is 240 g/mol. The molecule has 0 bridgehead atoms. The highest BCUT2D eigenvalue weighted by molar-refractivity contribution is 7.99.